The van der Waals surface area contributed by atoms with E-state index in [4.69, 9.17) is 15.5 Å². The SMILES string of the molecule is CCOc1ccc2nc3cc(/N=N/c4ccc(O)c(CNCCN(C)C)c4)ccc3c(N)c2c1.Cl. The van der Waals surface area contributed by atoms with Crippen LogP contribution in [0.25, 0.3) is 21.8 Å². The third kappa shape index (κ3) is 6.36. The van der Waals surface area contributed by atoms with Crippen LogP contribution >= 0.6 is 12.4 Å². The number of nitrogen functional groups attached to an aromatic ring is 1. The first-order valence-corrected chi connectivity index (χ1v) is 11.3. The summed E-state index contributed by atoms with van der Waals surface area (Å²) in [6.07, 6.45) is 0. The fourth-order valence-electron chi connectivity index (χ4n) is 3.68. The molecule has 0 bridgehead atoms. The van der Waals surface area contributed by atoms with Gasteiger partial charge in [-0.15, -0.1) is 12.4 Å². The molecule has 0 aliphatic carbocycles. The van der Waals surface area contributed by atoms with Crippen molar-refractivity contribution in [1.29, 1.82) is 0 Å². The molecule has 1 aromatic heterocycles. The maximum absolute atomic E-state index is 10.2. The molecule has 4 aromatic rings. The van der Waals surface area contributed by atoms with E-state index in [0.717, 1.165) is 46.2 Å². The number of aromatic nitrogens is 1. The van der Waals surface area contributed by atoms with Gasteiger partial charge in [-0.25, -0.2) is 4.98 Å². The van der Waals surface area contributed by atoms with Crippen LogP contribution < -0.4 is 15.8 Å². The molecule has 0 aliphatic rings. The number of azo groups is 1. The van der Waals surface area contributed by atoms with Gasteiger partial charge in [0.25, 0.3) is 0 Å². The topological polar surface area (TPSA) is 108 Å². The van der Waals surface area contributed by atoms with E-state index >= 15 is 0 Å². The zero-order chi connectivity index (χ0) is 24.1. The minimum Gasteiger partial charge on any atom is -0.508 e. The summed E-state index contributed by atoms with van der Waals surface area (Å²) in [7, 11) is 4.05. The first-order chi connectivity index (χ1) is 16.4. The molecule has 4 rings (SSSR count). The lowest BCUT2D eigenvalue weighted by atomic mass is 10.1. The van der Waals surface area contributed by atoms with Crippen LogP contribution in [0.1, 0.15) is 12.5 Å². The van der Waals surface area contributed by atoms with Gasteiger partial charge in [-0.05, 0) is 75.6 Å². The Kier molecular flexibility index (Phi) is 8.81. The number of nitrogens with one attached hydrogen (secondary N) is 1. The van der Waals surface area contributed by atoms with Gasteiger partial charge in [0.15, 0.2) is 0 Å². The van der Waals surface area contributed by atoms with E-state index in [1.807, 2.05) is 63.5 Å². The molecule has 4 N–H and O–H groups in total. The summed E-state index contributed by atoms with van der Waals surface area (Å²) in [4.78, 5) is 6.85. The number of halogens is 1. The number of benzene rings is 3. The highest BCUT2D eigenvalue weighted by Crippen LogP contribution is 2.33. The third-order valence-corrected chi connectivity index (χ3v) is 5.48. The highest BCUT2D eigenvalue weighted by molar-refractivity contribution is 6.07. The number of likely N-dealkylation sites (N-methyl/N-ethyl adjacent to an activating group) is 1. The average molecular weight is 495 g/mol. The molecule has 0 aliphatic heterocycles. The van der Waals surface area contributed by atoms with Crippen molar-refractivity contribution in [3.8, 4) is 11.5 Å². The van der Waals surface area contributed by atoms with Crippen molar-refractivity contribution in [3.05, 3.63) is 60.2 Å². The molecule has 0 saturated heterocycles. The summed E-state index contributed by atoms with van der Waals surface area (Å²) >= 11 is 0. The van der Waals surface area contributed by atoms with Gasteiger partial charge in [0, 0.05) is 36.0 Å². The summed E-state index contributed by atoms with van der Waals surface area (Å²) in [5.74, 6) is 1.01. The molecule has 0 spiro atoms. The second-order valence-corrected chi connectivity index (χ2v) is 8.33. The fourth-order valence-corrected chi connectivity index (χ4v) is 3.68. The van der Waals surface area contributed by atoms with Crippen LogP contribution in [-0.4, -0.2) is 48.8 Å². The lowest BCUT2D eigenvalue weighted by Gasteiger charge is -2.11. The molecule has 8 nitrogen and oxygen atoms in total. The summed E-state index contributed by atoms with van der Waals surface area (Å²) < 4.78 is 5.59. The maximum atomic E-state index is 10.2. The highest BCUT2D eigenvalue weighted by Gasteiger charge is 2.09. The summed E-state index contributed by atoms with van der Waals surface area (Å²) in [5, 5.41) is 23.9. The predicted molar refractivity (Wildman–Crippen MR) is 145 cm³/mol. The second-order valence-electron chi connectivity index (χ2n) is 8.33. The number of phenolic OH excluding ortho intramolecular Hbond substituents is 1. The van der Waals surface area contributed by atoms with Crippen molar-refractivity contribution in [3.63, 3.8) is 0 Å². The van der Waals surface area contributed by atoms with Crippen molar-refractivity contribution in [1.82, 2.24) is 15.2 Å². The molecule has 3 aromatic carbocycles. The van der Waals surface area contributed by atoms with Crippen LogP contribution in [-0.2, 0) is 6.54 Å². The number of hydrogen-bond donors (Lipinski definition) is 3. The molecule has 0 radical (unpaired) electrons. The van der Waals surface area contributed by atoms with Gasteiger partial charge in [-0.3, -0.25) is 0 Å². The largest absolute Gasteiger partial charge is 0.508 e. The Bertz CT molecular complexity index is 1340. The van der Waals surface area contributed by atoms with Gasteiger partial charge in [0.1, 0.15) is 11.5 Å². The first kappa shape index (κ1) is 26.2. The predicted octanol–water partition coefficient (Wildman–Crippen LogP) is 5.56. The number of phenols is 1. The number of ether oxygens (including phenoxy) is 1. The van der Waals surface area contributed by atoms with Crippen LogP contribution in [0.3, 0.4) is 0 Å². The van der Waals surface area contributed by atoms with Crippen molar-refractivity contribution >= 4 is 51.3 Å². The van der Waals surface area contributed by atoms with Crippen molar-refractivity contribution in [2.24, 2.45) is 10.2 Å². The van der Waals surface area contributed by atoms with E-state index in [9.17, 15) is 5.11 Å². The first-order valence-electron chi connectivity index (χ1n) is 11.3. The second kappa shape index (κ2) is 11.8. The number of nitrogens with two attached hydrogens (primary N) is 1. The highest BCUT2D eigenvalue weighted by atomic mass is 35.5. The number of hydrogen-bond acceptors (Lipinski definition) is 8. The van der Waals surface area contributed by atoms with E-state index < -0.39 is 0 Å². The van der Waals surface area contributed by atoms with Crippen LogP contribution in [0.15, 0.2) is 64.8 Å². The number of pyridine rings is 1. The molecule has 0 amide bonds. The Morgan fingerprint density at radius 2 is 1.71 bits per heavy atom. The van der Waals surface area contributed by atoms with Crippen molar-refractivity contribution in [2.45, 2.75) is 13.5 Å². The zero-order valence-corrected chi connectivity index (χ0v) is 21.0. The number of fused-ring (bicyclic) bond motifs is 2. The monoisotopic (exact) mass is 494 g/mol. The van der Waals surface area contributed by atoms with Gasteiger partial charge in [0.2, 0.25) is 0 Å². The minimum absolute atomic E-state index is 0. The van der Waals surface area contributed by atoms with E-state index in [-0.39, 0.29) is 18.2 Å². The van der Waals surface area contributed by atoms with Crippen LogP contribution in [0, 0.1) is 0 Å². The summed E-state index contributed by atoms with van der Waals surface area (Å²) in [6.45, 7) is 4.85. The number of anilines is 1. The quantitative estimate of drug-likeness (QED) is 0.159. The number of nitrogens with zero attached hydrogens (tertiary/aromatic N) is 4. The fraction of sp³-hybridized carbons (Fsp3) is 0.269. The van der Waals surface area contributed by atoms with Gasteiger partial charge in [0.05, 0.1) is 34.7 Å². The van der Waals surface area contributed by atoms with Crippen LogP contribution in [0.4, 0.5) is 17.1 Å². The molecular weight excluding hydrogens is 464 g/mol. The maximum Gasteiger partial charge on any atom is 0.120 e. The molecule has 9 heteroatoms. The Morgan fingerprint density at radius 3 is 2.46 bits per heavy atom. The third-order valence-electron chi connectivity index (χ3n) is 5.48. The Hall–Kier alpha value is -3.46. The van der Waals surface area contributed by atoms with Crippen molar-refractivity contribution < 1.29 is 9.84 Å². The minimum atomic E-state index is 0. The molecule has 0 unspecified atom stereocenters. The average Bonchev–Trinajstić information content (AvgIpc) is 2.82. The molecule has 1 heterocycles. The van der Waals surface area contributed by atoms with Gasteiger partial charge in [-0.1, -0.05) is 0 Å². The molecule has 184 valence electrons. The normalized spacial score (nSPS) is 11.4. The lowest BCUT2D eigenvalue weighted by molar-refractivity contribution is 0.341. The summed E-state index contributed by atoms with van der Waals surface area (Å²) in [6, 6.07) is 16.6. The van der Waals surface area contributed by atoms with E-state index in [2.05, 4.69) is 20.4 Å². The van der Waals surface area contributed by atoms with E-state index in [1.54, 1.807) is 12.1 Å². The standard InChI is InChI=1S/C26H30N6O2.ClH/c1-4-34-20-7-9-23-22(15-20)26(27)21-8-5-19(14-24(21)29-23)31-30-18-6-10-25(33)17(13-18)16-28-11-12-32(2)3;/h5-10,13-15,28,33H,4,11-12,16H2,1-3H3,(H2,27,29);1H/b31-30+;. The smallest absolute Gasteiger partial charge is 0.120 e. The molecule has 0 fully saturated rings. The lowest BCUT2D eigenvalue weighted by Crippen LogP contribution is -2.26. The van der Waals surface area contributed by atoms with Crippen LogP contribution in [0.5, 0.6) is 11.5 Å². The number of aromatic hydroxyl groups is 1. The molecular formula is C26H31ClN6O2. The Morgan fingerprint density at radius 1 is 0.971 bits per heavy atom. The Labute approximate surface area is 211 Å². The molecule has 0 saturated carbocycles. The van der Waals surface area contributed by atoms with Gasteiger partial charge >= 0.3 is 0 Å². The molecule has 35 heavy (non-hydrogen) atoms. The Balaban J connectivity index is 0.00000342. The van der Waals surface area contributed by atoms with Crippen molar-refractivity contribution in [2.75, 3.05) is 39.5 Å². The van der Waals surface area contributed by atoms with Crippen LogP contribution in [0.2, 0.25) is 0 Å². The van der Waals surface area contributed by atoms with E-state index in [1.165, 1.54) is 0 Å². The molecule has 0 atom stereocenters. The zero-order valence-electron chi connectivity index (χ0n) is 20.2. The van der Waals surface area contributed by atoms with E-state index in [0.29, 0.717) is 30.2 Å². The van der Waals surface area contributed by atoms with Gasteiger partial charge in [-0.2, -0.15) is 10.2 Å². The number of rotatable bonds is 9. The summed E-state index contributed by atoms with van der Waals surface area (Å²) in [5.41, 5.74) is 10.8. The van der Waals surface area contributed by atoms with Gasteiger partial charge < -0.3 is 25.8 Å².